The van der Waals surface area contributed by atoms with Crippen molar-refractivity contribution in [3.05, 3.63) is 17.1 Å². The van der Waals surface area contributed by atoms with E-state index < -0.39 is 0 Å². The second-order valence-corrected chi connectivity index (χ2v) is 1.90. The van der Waals surface area contributed by atoms with Gasteiger partial charge in [0, 0.05) is 0 Å². The zero-order valence-corrected chi connectivity index (χ0v) is 5.84. The number of rotatable bonds is 5. The number of hydrogen-bond donors (Lipinski definition) is 0. The zero-order valence-electron chi connectivity index (χ0n) is 5.84. The van der Waals surface area contributed by atoms with E-state index >= 15 is 0 Å². The van der Waals surface area contributed by atoms with Gasteiger partial charge in [0.25, 0.3) is 0 Å². The Bertz CT molecular complexity index is 88.9. The summed E-state index contributed by atoms with van der Waals surface area (Å²) in [6, 6.07) is 0. The molecule has 0 aromatic heterocycles. The maximum absolute atomic E-state index is 9.55. The van der Waals surface area contributed by atoms with Crippen LogP contribution >= 0.6 is 0 Å². The van der Waals surface area contributed by atoms with Crippen molar-refractivity contribution in [3.63, 3.8) is 0 Å². The predicted molar refractivity (Wildman–Crippen MR) is 39.3 cm³/mol. The third kappa shape index (κ3) is 7.34. The lowest BCUT2D eigenvalue weighted by Crippen LogP contribution is -1.71. The van der Waals surface area contributed by atoms with Crippen LogP contribution in [-0.4, -0.2) is 6.54 Å². The molecule has 0 aliphatic rings. The highest BCUT2D eigenvalue weighted by atomic mass is 16.3. The van der Waals surface area contributed by atoms with E-state index in [1.54, 1.807) is 0 Å². The van der Waals surface area contributed by atoms with E-state index in [9.17, 15) is 4.91 Å². The van der Waals surface area contributed by atoms with Crippen LogP contribution in [0.25, 0.3) is 0 Å². The van der Waals surface area contributed by atoms with Gasteiger partial charge in [-0.3, -0.25) is 0 Å². The molecule has 0 aromatic rings. The van der Waals surface area contributed by atoms with E-state index in [2.05, 4.69) is 18.2 Å². The lowest BCUT2D eigenvalue weighted by Gasteiger charge is -1.82. The SMILES string of the molecule is CCCC=CCCN=O. The molecule has 52 valence electrons. The smallest absolute Gasteiger partial charge is 0.0845 e. The summed E-state index contributed by atoms with van der Waals surface area (Å²) < 4.78 is 0. The number of unbranched alkanes of at least 4 members (excludes halogenated alkanes) is 1. The molecule has 0 unspecified atom stereocenters. The van der Waals surface area contributed by atoms with Gasteiger partial charge in [0.15, 0.2) is 0 Å². The Kier molecular flexibility index (Phi) is 6.80. The van der Waals surface area contributed by atoms with Gasteiger partial charge in [0.1, 0.15) is 0 Å². The minimum Gasteiger partial charge on any atom is -0.151 e. The average molecular weight is 127 g/mol. The van der Waals surface area contributed by atoms with Crippen molar-refractivity contribution in [2.75, 3.05) is 6.54 Å². The fraction of sp³-hybridized carbons (Fsp3) is 0.714. The predicted octanol–water partition coefficient (Wildman–Crippen LogP) is 2.50. The van der Waals surface area contributed by atoms with Gasteiger partial charge in [-0.05, 0) is 12.8 Å². The Balaban J connectivity index is 2.94. The summed E-state index contributed by atoms with van der Waals surface area (Å²) in [5.41, 5.74) is 0. The van der Waals surface area contributed by atoms with Gasteiger partial charge in [-0.25, -0.2) is 0 Å². The molecule has 0 saturated carbocycles. The maximum atomic E-state index is 9.55. The molecule has 0 N–H and O–H groups in total. The van der Waals surface area contributed by atoms with Gasteiger partial charge in [0.2, 0.25) is 0 Å². The molecule has 0 spiro atoms. The minimum atomic E-state index is 0.417. The Morgan fingerprint density at radius 2 is 2.00 bits per heavy atom. The topological polar surface area (TPSA) is 29.4 Å². The van der Waals surface area contributed by atoms with Crippen molar-refractivity contribution in [2.24, 2.45) is 5.18 Å². The fourth-order valence-electron chi connectivity index (χ4n) is 0.530. The van der Waals surface area contributed by atoms with E-state index in [1.807, 2.05) is 6.08 Å². The molecule has 0 amide bonds. The molecular formula is C7H13NO. The van der Waals surface area contributed by atoms with Crippen LogP contribution in [0.1, 0.15) is 26.2 Å². The van der Waals surface area contributed by atoms with Crippen molar-refractivity contribution in [3.8, 4) is 0 Å². The molecular weight excluding hydrogens is 114 g/mol. The molecule has 0 heterocycles. The molecule has 0 saturated heterocycles. The first-order valence-corrected chi connectivity index (χ1v) is 3.36. The molecule has 0 atom stereocenters. The van der Waals surface area contributed by atoms with E-state index in [4.69, 9.17) is 0 Å². The van der Waals surface area contributed by atoms with Crippen LogP contribution in [0.3, 0.4) is 0 Å². The van der Waals surface area contributed by atoms with Crippen molar-refractivity contribution in [2.45, 2.75) is 26.2 Å². The zero-order chi connectivity index (χ0) is 6.95. The highest BCUT2D eigenvalue weighted by Crippen LogP contribution is 1.90. The van der Waals surface area contributed by atoms with Crippen LogP contribution in [0.15, 0.2) is 17.3 Å². The summed E-state index contributed by atoms with van der Waals surface area (Å²) in [7, 11) is 0. The first kappa shape index (κ1) is 8.34. The quantitative estimate of drug-likeness (QED) is 0.317. The summed E-state index contributed by atoms with van der Waals surface area (Å²) >= 11 is 0. The molecule has 0 rings (SSSR count). The first-order chi connectivity index (χ1) is 4.41. The standard InChI is InChI=1S/C7H13NO/c1-2-3-4-5-6-7-8-9/h4-5H,2-3,6-7H2,1H3. The van der Waals surface area contributed by atoms with Gasteiger partial charge in [-0.15, -0.1) is 0 Å². The summed E-state index contributed by atoms with van der Waals surface area (Å²) in [5, 5.41) is 2.73. The monoisotopic (exact) mass is 127 g/mol. The second-order valence-electron chi connectivity index (χ2n) is 1.90. The number of nitroso groups, excluding NO2 is 1. The Morgan fingerprint density at radius 1 is 1.33 bits per heavy atom. The van der Waals surface area contributed by atoms with E-state index in [0.29, 0.717) is 6.54 Å². The summed E-state index contributed by atoms with van der Waals surface area (Å²) in [4.78, 5) is 9.55. The number of hydrogen-bond acceptors (Lipinski definition) is 2. The van der Waals surface area contributed by atoms with Crippen LogP contribution in [0, 0.1) is 4.91 Å². The van der Waals surface area contributed by atoms with Crippen LogP contribution < -0.4 is 0 Å². The largest absolute Gasteiger partial charge is 0.151 e. The highest BCUT2D eigenvalue weighted by molar-refractivity contribution is 4.81. The lowest BCUT2D eigenvalue weighted by atomic mass is 10.3. The van der Waals surface area contributed by atoms with E-state index in [0.717, 1.165) is 12.8 Å². The molecule has 0 aliphatic heterocycles. The Morgan fingerprint density at radius 3 is 2.56 bits per heavy atom. The van der Waals surface area contributed by atoms with Crippen LogP contribution in [0.5, 0.6) is 0 Å². The first-order valence-electron chi connectivity index (χ1n) is 3.36. The molecule has 0 bridgehead atoms. The second kappa shape index (κ2) is 7.34. The van der Waals surface area contributed by atoms with Crippen LogP contribution in [0.2, 0.25) is 0 Å². The van der Waals surface area contributed by atoms with Gasteiger partial charge >= 0.3 is 0 Å². The van der Waals surface area contributed by atoms with Gasteiger partial charge < -0.3 is 0 Å². The Labute approximate surface area is 55.9 Å². The Hall–Kier alpha value is -0.660. The summed E-state index contributed by atoms with van der Waals surface area (Å²) in [6.07, 6.45) is 7.17. The van der Waals surface area contributed by atoms with Gasteiger partial charge in [-0.2, -0.15) is 4.91 Å². The third-order valence-corrected chi connectivity index (χ3v) is 1.01. The summed E-state index contributed by atoms with van der Waals surface area (Å²) in [5.74, 6) is 0. The molecule has 0 aliphatic carbocycles. The lowest BCUT2D eigenvalue weighted by molar-refractivity contribution is 0.937. The fourth-order valence-corrected chi connectivity index (χ4v) is 0.530. The van der Waals surface area contributed by atoms with Crippen LogP contribution in [0.4, 0.5) is 0 Å². The molecule has 9 heavy (non-hydrogen) atoms. The molecule has 0 radical (unpaired) electrons. The van der Waals surface area contributed by atoms with E-state index in [1.165, 1.54) is 6.42 Å². The molecule has 0 aromatic carbocycles. The highest BCUT2D eigenvalue weighted by Gasteiger charge is 1.76. The summed E-state index contributed by atoms with van der Waals surface area (Å²) in [6.45, 7) is 2.54. The molecule has 2 heteroatoms. The van der Waals surface area contributed by atoms with Crippen molar-refractivity contribution >= 4 is 0 Å². The van der Waals surface area contributed by atoms with Gasteiger partial charge in [-0.1, -0.05) is 30.7 Å². The molecule has 0 fully saturated rings. The number of nitrogens with zero attached hydrogens (tertiary/aromatic N) is 1. The number of allylic oxidation sites excluding steroid dienone is 1. The molecule has 2 nitrogen and oxygen atoms in total. The average Bonchev–Trinajstić information content (AvgIpc) is 1.89. The van der Waals surface area contributed by atoms with Crippen LogP contribution in [-0.2, 0) is 0 Å². The minimum absolute atomic E-state index is 0.417. The van der Waals surface area contributed by atoms with Crippen molar-refractivity contribution in [1.82, 2.24) is 0 Å². The van der Waals surface area contributed by atoms with E-state index in [-0.39, 0.29) is 0 Å². The normalized spacial score (nSPS) is 10.3. The van der Waals surface area contributed by atoms with Crippen molar-refractivity contribution in [1.29, 1.82) is 0 Å². The third-order valence-electron chi connectivity index (χ3n) is 1.01. The maximum Gasteiger partial charge on any atom is 0.0845 e. The van der Waals surface area contributed by atoms with Gasteiger partial charge in [0.05, 0.1) is 6.54 Å². The van der Waals surface area contributed by atoms with Crippen molar-refractivity contribution < 1.29 is 0 Å².